The van der Waals surface area contributed by atoms with E-state index in [1.54, 1.807) is 12.1 Å². The minimum absolute atomic E-state index is 0.0293. The molecule has 2 aliphatic heterocycles. The summed E-state index contributed by atoms with van der Waals surface area (Å²) in [5.74, 6) is -0.144. The molecule has 3 atom stereocenters. The SMILES string of the molecule is CCCN1C[C@@H]2C[C@H](NC(=O)NC(C)C)CN2C(=O)[C@@H]1CNC(=O)c1ccccc1. The number of carbonyl (C=O) groups is 3. The first-order valence-electron chi connectivity index (χ1n) is 10.8. The molecule has 4 amide bonds. The summed E-state index contributed by atoms with van der Waals surface area (Å²) < 4.78 is 0. The van der Waals surface area contributed by atoms with E-state index >= 15 is 0 Å². The van der Waals surface area contributed by atoms with Gasteiger partial charge in [-0.1, -0.05) is 25.1 Å². The maximum atomic E-state index is 13.3. The van der Waals surface area contributed by atoms with Gasteiger partial charge in [0.1, 0.15) is 6.04 Å². The standard InChI is InChI=1S/C22H33N5O3/c1-4-10-26-14-18-11-17(25-22(30)24-15(2)3)13-27(18)21(29)19(26)12-23-20(28)16-8-6-5-7-9-16/h5-9,15,17-19H,4,10-14H2,1-3H3,(H,23,28)(H2,24,25,30)/t17-,18-,19-/m0/s1. The van der Waals surface area contributed by atoms with Crippen LogP contribution in [0, 0.1) is 0 Å². The lowest BCUT2D eigenvalue weighted by Crippen LogP contribution is -2.62. The second-order valence-corrected chi connectivity index (χ2v) is 8.44. The van der Waals surface area contributed by atoms with Crippen molar-refractivity contribution in [3.05, 3.63) is 35.9 Å². The van der Waals surface area contributed by atoms with Crippen molar-refractivity contribution in [2.24, 2.45) is 0 Å². The van der Waals surface area contributed by atoms with Crippen LogP contribution in [0.3, 0.4) is 0 Å². The van der Waals surface area contributed by atoms with Crippen molar-refractivity contribution in [3.63, 3.8) is 0 Å². The zero-order chi connectivity index (χ0) is 21.7. The van der Waals surface area contributed by atoms with Gasteiger partial charge in [-0.3, -0.25) is 14.5 Å². The molecule has 2 saturated heterocycles. The summed E-state index contributed by atoms with van der Waals surface area (Å²) in [5.41, 5.74) is 0.585. The molecule has 0 radical (unpaired) electrons. The van der Waals surface area contributed by atoms with Crippen LogP contribution in [0.4, 0.5) is 4.79 Å². The average molecular weight is 416 g/mol. The first-order chi connectivity index (χ1) is 14.4. The molecule has 0 spiro atoms. The summed E-state index contributed by atoms with van der Waals surface area (Å²) in [6.45, 7) is 8.27. The molecule has 2 heterocycles. The summed E-state index contributed by atoms with van der Waals surface area (Å²) >= 11 is 0. The van der Waals surface area contributed by atoms with Crippen LogP contribution in [0.2, 0.25) is 0 Å². The Kier molecular flexibility index (Phi) is 7.31. The number of hydrogen-bond acceptors (Lipinski definition) is 4. The van der Waals surface area contributed by atoms with Crippen LogP contribution in [0.1, 0.15) is 44.0 Å². The normalized spacial score (nSPS) is 23.9. The molecule has 0 unspecified atom stereocenters. The Morgan fingerprint density at radius 2 is 1.90 bits per heavy atom. The third-order valence-corrected chi connectivity index (χ3v) is 5.63. The third kappa shape index (κ3) is 5.30. The van der Waals surface area contributed by atoms with Gasteiger partial charge in [0.2, 0.25) is 5.91 Å². The molecular weight excluding hydrogens is 382 g/mol. The largest absolute Gasteiger partial charge is 0.350 e. The minimum Gasteiger partial charge on any atom is -0.350 e. The lowest BCUT2D eigenvalue weighted by molar-refractivity contribution is -0.143. The van der Waals surface area contributed by atoms with E-state index in [4.69, 9.17) is 0 Å². The zero-order valence-corrected chi connectivity index (χ0v) is 18.1. The van der Waals surface area contributed by atoms with Crippen molar-refractivity contribution in [2.75, 3.05) is 26.2 Å². The Morgan fingerprint density at radius 1 is 1.17 bits per heavy atom. The fourth-order valence-corrected chi connectivity index (χ4v) is 4.33. The van der Waals surface area contributed by atoms with Gasteiger partial charge < -0.3 is 20.9 Å². The molecular formula is C22H33N5O3. The number of piperazine rings is 1. The lowest BCUT2D eigenvalue weighted by atomic mass is 10.0. The van der Waals surface area contributed by atoms with E-state index in [2.05, 4.69) is 27.8 Å². The van der Waals surface area contributed by atoms with Crippen LogP contribution >= 0.6 is 0 Å². The number of nitrogens with zero attached hydrogens (tertiary/aromatic N) is 2. The Labute approximate surface area is 178 Å². The highest BCUT2D eigenvalue weighted by molar-refractivity contribution is 5.94. The highest BCUT2D eigenvalue weighted by Gasteiger charge is 2.45. The molecule has 0 saturated carbocycles. The summed E-state index contributed by atoms with van der Waals surface area (Å²) in [6, 6.07) is 8.55. The Hall–Kier alpha value is -2.61. The van der Waals surface area contributed by atoms with Crippen molar-refractivity contribution in [1.29, 1.82) is 0 Å². The van der Waals surface area contributed by atoms with Gasteiger partial charge in [0, 0.05) is 37.3 Å². The van der Waals surface area contributed by atoms with Gasteiger partial charge >= 0.3 is 6.03 Å². The van der Waals surface area contributed by atoms with Crippen molar-refractivity contribution >= 4 is 17.8 Å². The van der Waals surface area contributed by atoms with Gasteiger partial charge in [-0.15, -0.1) is 0 Å². The molecule has 0 bridgehead atoms. The summed E-state index contributed by atoms with van der Waals surface area (Å²) in [7, 11) is 0. The van der Waals surface area contributed by atoms with Crippen molar-refractivity contribution in [2.45, 2.75) is 57.8 Å². The van der Waals surface area contributed by atoms with Gasteiger partial charge in [-0.05, 0) is 45.4 Å². The number of rotatable bonds is 7. The average Bonchev–Trinajstić information content (AvgIpc) is 3.10. The van der Waals surface area contributed by atoms with E-state index in [1.807, 2.05) is 36.9 Å². The summed E-state index contributed by atoms with van der Waals surface area (Å²) in [4.78, 5) is 41.8. The van der Waals surface area contributed by atoms with E-state index in [9.17, 15) is 14.4 Å². The first kappa shape index (κ1) is 22.1. The highest BCUT2D eigenvalue weighted by Crippen LogP contribution is 2.26. The molecule has 3 N–H and O–H groups in total. The molecule has 1 aromatic rings. The van der Waals surface area contributed by atoms with E-state index in [0.29, 0.717) is 12.1 Å². The fraction of sp³-hybridized carbons (Fsp3) is 0.591. The maximum Gasteiger partial charge on any atom is 0.315 e. The van der Waals surface area contributed by atoms with Gasteiger partial charge in [0.25, 0.3) is 5.91 Å². The number of benzene rings is 1. The van der Waals surface area contributed by atoms with Crippen LogP contribution in [-0.4, -0.2) is 78.0 Å². The van der Waals surface area contributed by atoms with Crippen molar-refractivity contribution in [3.8, 4) is 0 Å². The van der Waals surface area contributed by atoms with E-state index in [1.165, 1.54) is 0 Å². The number of hydrogen-bond donors (Lipinski definition) is 3. The van der Waals surface area contributed by atoms with Gasteiger partial charge in [-0.25, -0.2) is 4.79 Å². The Balaban J connectivity index is 1.62. The number of nitrogens with one attached hydrogen (secondary N) is 3. The van der Waals surface area contributed by atoms with Crippen LogP contribution in [0.25, 0.3) is 0 Å². The molecule has 0 aliphatic carbocycles. The number of amides is 4. The summed E-state index contributed by atoms with van der Waals surface area (Å²) in [5, 5.41) is 8.75. The molecule has 8 heteroatoms. The van der Waals surface area contributed by atoms with Crippen LogP contribution < -0.4 is 16.0 Å². The Morgan fingerprint density at radius 3 is 2.57 bits per heavy atom. The monoisotopic (exact) mass is 415 g/mol. The molecule has 1 aromatic carbocycles. The number of urea groups is 1. The van der Waals surface area contributed by atoms with Crippen LogP contribution in [0.15, 0.2) is 30.3 Å². The lowest BCUT2D eigenvalue weighted by Gasteiger charge is -2.42. The van der Waals surface area contributed by atoms with Gasteiger partial charge in [0.05, 0.1) is 6.04 Å². The molecule has 164 valence electrons. The third-order valence-electron chi connectivity index (χ3n) is 5.63. The van der Waals surface area contributed by atoms with Crippen LogP contribution in [-0.2, 0) is 4.79 Å². The second-order valence-electron chi connectivity index (χ2n) is 8.44. The van der Waals surface area contributed by atoms with Crippen molar-refractivity contribution in [1.82, 2.24) is 25.8 Å². The second kappa shape index (κ2) is 9.93. The Bertz CT molecular complexity index is 754. The maximum absolute atomic E-state index is 13.3. The quantitative estimate of drug-likeness (QED) is 0.624. The van der Waals surface area contributed by atoms with E-state index in [0.717, 1.165) is 25.9 Å². The molecule has 30 heavy (non-hydrogen) atoms. The summed E-state index contributed by atoms with van der Waals surface area (Å²) in [6.07, 6.45) is 1.68. The molecule has 3 rings (SSSR count). The predicted molar refractivity (Wildman–Crippen MR) is 115 cm³/mol. The molecule has 0 aromatic heterocycles. The smallest absolute Gasteiger partial charge is 0.315 e. The number of fused-ring (bicyclic) bond motifs is 1. The van der Waals surface area contributed by atoms with E-state index in [-0.39, 0.29) is 48.6 Å². The molecule has 8 nitrogen and oxygen atoms in total. The van der Waals surface area contributed by atoms with Crippen molar-refractivity contribution < 1.29 is 14.4 Å². The zero-order valence-electron chi connectivity index (χ0n) is 18.1. The topological polar surface area (TPSA) is 93.8 Å². The minimum atomic E-state index is -0.378. The van der Waals surface area contributed by atoms with Gasteiger partial charge in [0.15, 0.2) is 0 Å². The molecule has 2 aliphatic rings. The van der Waals surface area contributed by atoms with Crippen LogP contribution in [0.5, 0.6) is 0 Å². The first-order valence-corrected chi connectivity index (χ1v) is 10.8. The van der Waals surface area contributed by atoms with Gasteiger partial charge in [-0.2, -0.15) is 0 Å². The predicted octanol–water partition coefficient (Wildman–Crippen LogP) is 1.19. The number of carbonyl (C=O) groups excluding carboxylic acids is 3. The fourth-order valence-electron chi connectivity index (χ4n) is 4.33. The molecule has 2 fully saturated rings. The van der Waals surface area contributed by atoms with E-state index < -0.39 is 0 Å². The highest BCUT2D eigenvalue weighted by atomic mass is 16.2.